The van der Waals surface area contributed by atoms with E-state index in [4.69, 9.17) is 0 Å². The third-order valence-corrected chi connectivity index (χ3v) is 3.95. The molecule has 0 radical (unpaired) electrons. The topological polar surface area (TPSA) is 28.2 Å². The molecule has 1 N–H and O–H groups in total. The van der Waals surface area contributed by atoms with Crippen LogP contribution in [-0.4, -0.2) is 41.0 Å². The summed E-state index contributed by atoms with van der Waals surface area (Å²) in [4.78, 5) is 6.85. The number of rotatable bonds is 3. The maximum atomic E-state index is 4.34. The first-order chi connectivity index (χ1) is 7.78. The lowest BCUT2D eigenvalue weighted by molar-refractivity contribution is 0.278. The molecule has 0 spiro atoms. The summed E-state index contributed by atoms with van der Waals surface area (Å²) < 4.78 is 0. The number of thioether (sulfide) groups is 1. The van der Waals surface area contributed by atoms with Crippen molar-refractivity contribution >= 4 is 17.6 Å². The molecular formula is C12H19N3S. The molecule has 0 amide bonds. The van der Waals surface area contributed by atoms with Crippen molar-refractivity contribution in [1.82, 2.24) is 9.88 Å². The van der Waals surface area contributed by atoms with Gasteiger partial charge in [-0.2, -0.15) is 11.8 Å². The predicted octanol–water partition coefficient (Wildman–Crippen LogP) is 2.06. The van der Waals surface area contributed by atoms with Gasteiger partial charge in [0.05, 0.1) is 0 Å². The Kier molecular flexibility index (Phi) is 4.07. The smallest absolute Gasteiger partial charge is 0.125 e. The van der Waals surface area contributed by atoms with Crippen LogP contribution in [0.15, 0.2) is 18.3 Å². The van der Waals surface area contributed by atoms with Crippen LogP contribution in [0.1, 0.15) is 12.5 Å². The molecule has 2 heterocycles. The fourth-order valence-electron chi connectivity index (χ4n) is 1.96. The van der Waals surface area contributed by atoms with Crippen molar-refractivity contribution in [1.29, 1.82) is 0 Å². The molecule has 1 aromatic heterocycles. The van der Waals surface area contributed by atoms with Gasteiger partial charge in [0, 0.05) is 43.9 Å². The van der Waals surface area contributed by atoms with E-state index in [1.165, 1.54) is 24.4 Å². The highest BCUT2D eigenvalue weighted by molar-refractivity contribution is 7.99. The number of nitrogens with one attached hydrogen (secondary N) is 1. The molecule has 0 aliphatic carbocycles. The second-order valence-corrected chi connectivity index (χ2v) is 5.76. The lowest BCUT2D eigenvalue weighted by Gasteiger charge is -2.30. The first kappa shape index (κ1) is 11.7. The number of hydrogen-bond donors (Lipinski definition) is 1. The second-order valence-electron chi connectivity index (χ2n) is 4.22. The van der Waals surface area contributed by atoms with E-state index < -0.39 is 0 Å². The van der Waals surface area contributed by atoms with Gasteiger partial charge in [-0.05, 0) is 11.6 Å². The summed E-state index contributed by atoms with van der Waals surface area (Å²) in [5, 5.41) is 3.80. The van der Waals surface area contributed by atoms with Crippen molar-refractivity contribution < 1.29 is 0 Å². The van der Waals surface area contributed by atoms with Crippen LogP contribution in [0.2, 0.25) is 0 Å². The number of aromatic nitrogens is 1. The molecule has 3 nitrogen and oxygen atoms in total. The third kappa shape index (κ3) is 3.12. The number of anilines is 1. The van der Waals surface area contributed by atoms with Crippen LogP contribution in [0.5, 0.6) is 0 Å². The maximum Gasteiger partial charge on any atom is 0.125 e. The Hall–Kier alpha value is -0.740. The number of hydrogen-bond acceptors (Lipinski definition) is 4. The molecule has 1 aromatic rings. The van der Waals surface area contributed by atoms with Crippen molar-refractivity contribution in [2.24, 2.45) is 0 Å². The van der Waals surface area contributed by atoms with Crippen LogP contribution in [0.25, 0.3) is 0 Å². The highest BCUT2D eigenvalue weighted by atomic mass is 32.2. The van der Waals surface area contributed by atoms with Crippen molar-refractivity contribution in [3.63, 3.8) is 0 Å². The standard InChI is InChI=1S/C12H19N3S/c1-10-8-15(5-6-16-10)9-11-3-4-12(13-2)14-7-11/h3-4,7,10H,5-6,8-9H2,1-2H3,(H,13,14). The molecule has 16 heavy (non-hydrogen) atoms. The zero-order valence-electron chi connectivity index (χ0n) is 9.94. The summed E-state index contributed by atoms with van der Waals surface area (Å²) in [7, 11) is 1.89. The molecule has 1 atom stereocenters. The summed E-state index contributed by atoms with van der Waals surface area (Å²) in [6, 6.07) is 4.20. The molecule has 88 valence electrons. The Labute approximate surface area is 102 Å². The third-order valence-electron chi connectivity index (χ3n) is 2.81. The van der Waals surface area contributed by atoms with Crippen LogP contribution in [0.4, 0.5) is 5.82 Å². The first-order valence-corrected chi connectivity index (χ1v) is 6.79. The molecule has 1 aliphatic rings. The molecule has 0 aromatic carbocycles. The maximum absolute atomic E-state index is 4.34. The molecule has 0 saturated carbocycles. The Balaban J connectivity index is 1.92. The summed E-state index contributed by atoms with van der Waals surface area (Å²) >= 11 is 2.07. The van der Waals surface area contributed by atoms with Gasteiger partial charge in [-0.25, -0.2) is 4.98 Å². The average molecular weight is 237 g/mol. The average Bonchev–Trinajstić information content (AvgIpc) is 2.30. The van der Waals surface area contributed by atoms with Gasteiger partial charge in [0.1, 0.15) is 5.82 Å². The van der Waals surface area contributed by atoms with Gasteiger partial charge in [-0.3, -0.25) is 4.90 Å². The van der Waals surface area contributed by atoms with Gasteiger partial charge in [-0.1, -0.05) is 13.0 Å². The summed E-state index contributed by atoms with van der Waals surface area (Å²) in [6.45, 7) is 5.72. The molecule has 1 unspecified atom stereocenters. The van der Waals surface area contributed by atoms with E-state index in [1.807, 2.05) is 19.3 Å². The lowest BCUT2D eigenvalue weighted by Crippen LogP contribution is -2.36. The number of pyridine rings is 1. The van der Waals surface area contributed by atoms with Crippen LogP contribution >= 0.6 is 11.8 Å². The van der Waals surface area contributed by atoms with E-state index in [0.717, 1.165) is 17.6 Å². The summed E-state index contributed by atoms with van der Waals surface area (Å²) in [5.41, 5.74) is 1.30. The van der Waals surface area contributed by atoms with E-state index in [1.54, 1.807) is 0 Å². The van der Waals surface area contributed by atoms with Crippen molar-refractivity contribution in [3.8, 4) is 0 Å². The summed E-state index contributed by atoms with van der Waals surface area (Å²) in [5.74, 6) is 2.19. The van der Waals surface area contributed by atoms with Gasteiger partial charge in [0.2, 0.25) is 0 Å². The predicted molar refractivity (Wildman–Crippen MR) is 71.0 cm³/mol. The minimum Gasteiger partial charge on any atom is -0.373 e. The Morgan fingerprint density at radius 1 is 1.56 bits per heavy atom. The van der Waals surface area contributed by atoms with E-state index >= 15 is 0 Å². The van der Waals surface area contributed by atoms with Crippen LogP contribution in [-0.2, 0) is 6.54 Å². The Bertz CT molecular complexity index is 326. The van der Waals surface area contributed by atoms with E-state index in [0.29, 0.717) is 0 Å². The Morgan fingerprint density at radius 2 is 2.44 bits per heavy atom. The van der Waals surface area contributed by atoms with Crippen LogP contribution in [0.3, 0.4) is 0 Å². The molecule has 0 bridgehead atoms. The highest BCUT2D eigenvalue weighted by Gasteiger charge is 2.16. The van der Waals surface area contributed by atoms with Crippen molar-refractivity contribution in [2.45, 2.75) is 18.7 Å². The quantitative estimate of drug-likeness (QED) is 0.871. The minimum atomic E-state index is 0.762. The monoisotopic (exact) mass is 237 g/mol. The fourth-order valence-corrected chi connectivity index (χ4v) is 3.04. The molecule has 1 aliphatic heterocycles. The Morgan fingerprint density at radius 3 is 3.06 bits per heavy atom. The summed E-state index contributed by atoms with van der Waals surface area (Å²) in [6.07, 6.45) is 1.97. The highest BCUT2D eigenvalue weighted by Crippen LogP contribution is 2.19. The van der Waals surface area contributed by atoms with Gasteiger partial charge in [0.15, 0.2) is 0 Å². The van der Waals surface area contributed by atoms with Crippen LogP contribution < -0.4 is 5.32 Å². The van der Waals surface area contributed by atoms with E-state index in [-0.39, 0.29) is 0 Å². The van der Waals surface area contributed by atoms with Gasteiger partial charge >= 0.3 is 0 Å². The SMILES string of the molecule is CNc1ccc(CN2CCSC(C)C2)cn1. The lowest BCUT2D eigenvalue weighted by atomic mass is 10.2. The molecule has 2 rings (SSSR count). The van der Waals surface area contributed by atoms with E-state index in [2.05, 4.69) is 40.0 Å². The van der Waals surface area contributed by atoms with E-state index in [9.17, 15) is 0 Å². The van der Waals surface area contributed by atoms with Crippen molar-refractivity contribution in [2.75, 3.05) is 31.2 Å². The van der Waals surface area contributed by atoms with Gasteiger partial charge in [0.25, 0.3) is 0 Å². The molecule has 1 fully saturated rings. The minimum absolute atomic E-state index is 0.762. The van der Waals surface area contributed by atoms with Gasteiger partial charge < -0.3 is 5.32 Å². The second kappa shape index (κ2) is 5.55. The molecule has 1 saturated heterocycles. The normalized spacial score (nSPS) is 22.0. The van der Waals surface area contributed by atoms with Crippen LogP contribution in [0, 0.1) is 0 Å². The first-order valence-electron chi connectivity index (χ1n) is 5.74. The largest absolute Gasteiger partial charge is 0.373 e. The van der Waals surface area contributed by atoms with Crippen molar-refractivity contribution in [3.05, 3.63) is 23.9 Å². The fraction of sp³-hybridized carbons (Fsp3) is 0.583. The zero-order valence-corrected chi connectivity index (χ0v) is 10.8. The molecular weight excluding hydrogens is 218 g/mol. The number of nitrogens with zero attached hydrogens (tertiary/aromatic N) is 2. The van der Waals surface area contributed by atoms with Gasteiger partial charge in [-0.15, -0.1) is 0 Å². The zero-order chi connectivity index (χ0) is 11.4. The molecule has 4 heteroatoms.